The van der Waals surface area contributed by atoms with E-state index >= 15 is 0 Å². The van der Waals surface area contributed by atoms with Crippen LogP contribution in [0.5, 0.6) is 0 Å². The highest BCUT2D eigenvalue weighted by Crippen LogP contribution is 2.37. The Hall–Kier alpha value is -1.97. The van der Waals surface area contributed by atoms with Crippen LogP contribution in [0.15, 0.2) is 6.20 Å². The van der Waals surface area contributed by atoms with Gasteiger partial charge in [-0.25, -0.2) is 4.79 Å². The van der Waals surface area contributed by atoms with E-state index in [9.17, 15) is 4.79 Å². The van der Waals surface area contributed by atoms with Gasteiger partial charge in [0.1, 0.15) is 5.00 Å². The van der Waals surface area contributed by atoms with E-state index in [0.29, 0.717) is 10.7 Å². The summed E-state index contributed by atoms with van der Waals surface area (Å²) in [6.45, 7) is 6.65. The summed E-state index contributed by atoms with van der Waals surface area (Å²) in [7, 11) is 3.44. The molecular formula is C23H33N5O2S2. The largest absolute Gasteiger partial charge is 0.465 e. The number of thiocarbonyl (C=S) groups is 1. The summed E-state index contributed by atoms with van der Waals surface area (Å²) in [4.78, 5) is 18.6. The van der Waals surface area contributed by atoms with Crippen molar-refractivity contribution in [3.8, 4) is 0 Å². The van der Waals surface area contributed by atoms with Gasteiger partial charge >= 0.3 is 5.97 Å². The maximum Gasteiger partial charge on any atom is 0.341 e. The molecule has 3 heterocycles. The van der Waals surface area contributed by atoms with Gasteiger partial charge in [0.2, 0.25) is 0 Å². The van der Waals surface area contributed by atoms with E-state index in [1.54, 1.807) is 11.3 Å². The van der Waals surface area contributed by atoms with Gasteiger partial charge in [-0.2, -0.15) is 5.10 Å². The number of thiophene rings is 1. The fourth-order valence-electron chi connectivity index (χ4n) is 4.55. The molecule has 0 aromatic carbocycles. The average Bonchev–Trinajstić information content (AvgIpc) is 3.27. The van der Waals surface area contributed by atoms with Gasteiger partial charge in [-0.1, -0.05) is 12.8 Å². The second-order valence-electron chi connectivity index (χ2n) is 8.69. The SMILES string of the molecule is COC(=O)c1c(NC(=S)N2CCN(Cc3cnn(C)c3C)CC2)sc2c1CCCCCC2. The predicted molar refractivity (Wildman–Crippen MR) is 133 cm³/mol. The summed E-state index contributed by atoms with van der Waals surface area (Å²) < 4.78 is 7.06. The number of hydrogen-bond donors (Lipinski definition) is 1. The second-order valence-corrected chi connectivity index (χ2v) is 10.2. The number of nitrogens with one attached hydrogen (secondary N) is 1. The van der Waals surface area contributed by atoms with Crippen LogP contribution in [0.3, 0.4) is 0 Å². The van der Waals surface area contributed by atoms with E-state index < -0.39 is 0 Å². The highest BCUT2D eigenvalue weighted by molar-refractivity contribution is 7.80. The van der Waals surface area contributed by atoms with E-state index in [4.69, 9.17) is 17.0 Å². The van der Waals surface area contributed by atoms with Crippen molar-refractivity contribution < 1.29 is 9.53 Å². The predicted octanol–water partition coefficient (Wildman–Crippen LogP) is 3.75. The Kier molecular flexibility index (Phi) is 7.48. The Balaban J connectivity index is 1.41. The first-order valence-corrected chi connectivity index (χ1v) is 12.7. The van der Waals surface area contributed by atoms with Crippen molar-refractivity contribution >= 4 is 39.6 Å². The lowest BCUT2D eigenvalue weighted by Crippen LogP contribution is -2.49. The molecule has 0 amide bonds. The number of carbonyl (C=O) groups is 1. The molecule has 1 N–H and O–H groups in total. The van der Waals surface area contributed by atoms with Crippen LogP contribution in [-0.2, 0) is 31.2 Å². The smallest absolute Gasteiger partial charge is 0.341 e. The molecule has 0 atom stereocenters. The van der Waals surface area contributed by atoms with Gasteiger partial charge < -0.3 is 15.0 Å². The Morgan fingerprint density at radius 3 is 2.56 bits per heavy atom. The van der Waals surface area contributed by atoms with Crippen molar-refractivity contribution in [1.82, 2.24) is 19.6 Å². The minimum absolute atomic E-state index is 0.259. The third-order valence-electron chi connectivity index (χ3n) is 6.67. The molecule has 4 rings (SSSR count). The minimum atomic E-state index is -0.259. The van der Waals surface area contributed by atoms with Gasteiger partial charge in [-0.05, 0) is 50.4 Å². The van der Waals surface area contributed by atoms with Gasteiger partial charge in [0.25, 0.3) is 0 Å². The van der Waals surface area contributed by atoms with Crippen molar-refractivity contribution in [3.63, 3.8) is 0 Å². The number of hydrogen-bond acceptors (Lipinski definition) is 6. The van der Waals surface area contributed by atoms with Crippen molar-refractivity contribution in [2.24, 2.45) is 7.05 Å². The van der Waals surface area contributed by atoms with E-state index in [2.05, 4.69) is 27.1 Å². The molecule has 2 aromatic heterocycles. The first kappa shape index (κ1) is 23.2. The molecule has 0 bridgehead atoms. The standard InChI is InChI=1S/C23H33N5O2S2/c1-16-17(14-24-26(16)2)15-27-10-12-28(13-11-27)23(31)25-21-20(22(29)30-3)18-8-6-4-5-7-9-19(18)32-21/h14H,4-13,15H2,1-3H3,(H,25,31). The highest BCUT2D eigenvalue weighted by atomic mass is 32.1. The maximum absolute atomic E-state index is 12.6. The Morgan fingerprint density at radius 2 is 1.91 bits per heavy atom. The van der Waals surface area contributed by atoms with Crippen LogP contribution in [0.25, 0.3) is 0 Å². The summed E-state index contributed by atoms with van der Waals surface area (Å²) >= 11 is 7.44. The van der Waals surface area contributed by atoms with Gasteiger partial charge in [-0.3, -0.25) is 9.58 Å². The van der Waals surface area contributed by atoms with Crippen molar-refractivity contribution in [3.05, 3.63) is 33.5 Å². The van der Waals surface area contributed by atoms with Gasteiger partial charge in [-0.15, -0.1) is 11.3 Å². The number of fused-ring (bicyclic) bond motifs is 1. The molecule has 1 aliphatic heterocycles. The van der Waals surface area contributed by atoms with Crippen LogP contribution < -0.4 is 5.32 Å². The van der Waals surface area contributed by atoms with Crippen molar-refractivity contribution in [2.75, 3.05) is 38.6 Å². The zero-order valence-corrected chi connectivity index (χ0v) is 20.9. The number of anilines is 1. The van der Waals surface area contributed by atoms with E-state index in [1.165, 1.54) is 48.1 Å². The summed E-state index contributed by atoms with van der Waals surface area (Å²) in [6, 6.07) is 0. The van der Waals surface area contributed by atoms with Crippen LogP contribution in [0.2, 0.25) is 0 Å². The molecule has 0 unspecified atom stereocenters. The number of rotatable bonds is 4. The maximum atomic E-state index is 12.6. The molecule has 0 saturated carbocycles. The summed E-state index contributed by atoms with van der Waals surface area (Å²) in [6.07, 6.45) is 8.72. The fraction of sp³-hybridized carbons (Fsp3) is 0.609. The molecule has 1 aliphatic carbocycles. The molecule has 2 aliphatic rings. The van der Waals surface area contributed by atoms with Crippen LogP contribution >= 0.6 is 23.6 Å². The number of aromatic nitrogens is 2. The molecule has 7 nitrogen and oxygen atoms in total. The number of aryl methyl sites for hydroxylation is 2. The zero-order chi connectivity index (χ0) is 22.7. The topological polar surface area (TPSA) is 62.6 Å². The van der Waals surface area contributed by atoms with Crippen LogP contribution in [0, 0.1) is 6.92 Å². The molecule has 2 aromatic rings. The van der Waals surface area contributed by atoms with Gasteiger partial charge in [0.15, 0.2) is 5.11 Å². The molecular weight excluding hydrogens is 442 g/mol. The van der Waals surface area contributed by atoms with Crippen LogP contribution in [0.1, 0.15) is 57.7 Å². The number of methoxy groups -OCH3 is 1. The lowest BCUT2D eigenvalue weighted by molar-refractivity contribution is 0.0601. The highest BCUT2D eigenvalue weighted by Gasteiger charge is 2.27. The fourth-order valence-corrected chi connectivity index (χ4v) is 6.18. The quantitative estimate of drug-likeness (QED) is 0.534. The molecule has 0 radical (unpaired) electrons. The zero-order valence-electron chi connectivity index (χ0n) is 19.3. The van der Waals surface area contributed by atoms with Crippen LogP contribution in [0.4, 0.5) is 5.00 Å². The molecule has 174 valence electrons. The summed E-state index contributed by atoms with van der Waals surface area (Å²) in [5, 5.41) is 9.31. The number of nitrogens with zero attached hydrogens (tertiary/aromatic N) is 4. The van der Waals surface area contributed by atoms with Gasteiger partial charge in [0, 0.05) is 55.9 Å². The second kappa shape index (κ2) is 10.3. The van der Waals surface area contributed by atoms with Gasteiger partial charge in [0.05, 0.1) is 18.9 Å². The number of carbonyl (C=O) groups excluding carboxylic acids is 1. The normalized spacial score (nSPS) is 17.4. The molecule has 0 spiro atoms. The lowest BCUT2D eigenvalue weighted by Gasteiger charge is -2.36. The van der Waals surface area contributed by atoms with Crippen LogP contribution in [-0.4, -0.2) is 64.0 Å². The number of esters is 1. The summed E-state index contributed by atoms with van der Waals surface area (Å²) in [5.41, 5.74) is 4.36. The molecule has 32 heavy (non-hydrogen) atoms. The monoisotopic (exact) mass is 475 g/mol. The van der Waals surface area contributed by atoms with Crippen molar-refractivity contribution in [2.45, 2.75) is 52.0 Å². The third-order valence-corrected chi connectivity index (χ3v) is 8.24. The Morgan fingerprint density at radius 1 is 1.19 bits per heavy atom. The van der Waals surface area contributed by atoms with Crippen molar-refractivity contribution in [1.29, 1.82) is 0 Å². The Bertz CT molecular complexity index is 975. The summed E-state index contributed by atoms with van der Waals surface area (Å²) in [5.74, 6) is -0.259. The first-order chi connectivity index (χ1) is 15.5. The molecule has 1 saturated heterocycles. The molecule has 9 heteroatoms. The van der Waals surface area contributed by atoms with E-state index in [1.807, 2.05) is 17.9 Å². The Labute approximate surface area is 199 Å². The number of ether oxygens (including phenoxy) is 1. The minimum Gasteiger partial charge on any atom is -0.465 e. The van der Waals surface area contributed by atoms with E-state index in [-0.39, 0.29) is 5.97 Å². The first-order valence-electron chi connectivity index (χ1n) is 11.5. The number of piperazine rings is 1. The molecule has 1 fully saturated rings. The van der Waals surface area contributed by atoms with E-state index in [0.717, 1.165) is 57.0 Å². The third kappa shape index (κ3) is 5.00. The average molecular weight is 476 g/mol. The lowest BCUT2D eigenvalue weighted by atomic mass is 9.96.